The molecule has 0 aromatic heterocycles. The summed E-state index contributed by atoms with van der Waals surface area (Å²) in [6.45, 7) is 2.57. The number of hydrogen-bond donors (Lipinski definition) is 0. The zero-order chi connectivity index (χ0) is 11.8. The average molecular weight is 220 g/mol. The van der Waals surface area contributed by atoms with E-state index in [4.69, 9.17) is 0 Å². The van der Waals surface area contributed by atoms with Crippen molar-refractivity contribution in [3.63, 3.8) is 0 Å². The number of benzene rings is 1. The average Bonchev–Trinajstić information content (AvgIpc) is 2.12. The molecule has 1 aromatic rings. The predicted octanol–water partition coefficient (Wildman–Crippen LogP) is 3.19. The van der Waals surface area contributed by atoms with Gasteiger partial charge in [0.05, 0.1) is 0 Å². The first-order chi connectivity index (χ1) is 6.75. The Morgan fingerprint density at radius 3 is 2.20 bits per heavy atom. The van der Waals surface area contributed by atoms with Gasteiger partial charge in [-0.05, 0) is 25.0 Å². The van der Waals surface area contributed by atoms with Crippen molar-refractivity contribution in [1.82, 2.24) is 0 Å². The summed E-state index contributed by atoms with van der Waals surface area (Å²) < 4.78 is 49.4. The maximum Gasteiger partial charge on any atom is 0.454 e. The van der Waals surface area contributed by atoms with Gasteiger partial charge in [-0.2, -0.15) is 13.2 Å². The minimum absolute atomic E-state index is 0.214. The van der Waals surface area contributed by atoms with Crippen molar-refractivity contribution in [3.05, 3.63) is 34.6 Å². The molecule has 0 aliphatic heterocycles. The largest absolute Gasteiger partial charge is 0.454 e. The number of aryl methyl sites for hydroxylation is 1. The van der Waals surface area contributed by atoms with Crippen LogP contribution in [0.3, 0.4) is 0 Å². The highest BCUT2D eigenvalue weighted by molar-refractivity contribution is 6.01. The van der Waals surface area contributed by atoms with E-state index in [-0.39, 0.29) is 11.1 Å². The lowest BCUT2D eigenvalue weighted by Crippen LogP contribution is -2.24. The molecule has 0 heterocycles. The Balaban J connectivity index is 3.29. The Morgan fingerprint density at radius 2 is 1.73 bits per heavy atom. The predicted molar refractivity (Wildman–Crippen MR) is 46.3 cm³/mol. The number of carbonyl (C=O) groups excluding carboxylic acids is 1. The quantitative estimate of drug-likeness (QED) is 0.524. The van der Waals surface area contributed by atoms with Crippen molar-refractivity contribution in [2.75, 3.05) is 0 Å². The zero-order valence-electron chi connectivity index (χ0n) is 8.07. The molecule has 15 heavy (non-hydrogen) atoms. The van der Waals surface area contributed by atoms with Crippen LogP contribution >= 0.6 is 0 Å². The SMILES string of the molecule is Cc1ccc(C(=O)C(F)(F)F)c(C)c1F. The van der Waals surface area contributed by atoms with Crippen LogP contribution in [0.25, 0.3) is 0 Å². The molecule has 0 saturated carbocycles. The lowest BCUT2D eigenvalue weighted by atomic mass is 10.0. The molecule has 1 rings (SSSR count). The second-order valence-corrected chi connectivity index (χ2v) is 3.20. The Morgan fingerprint density at radius 1 is 1.20 bits per heavy atom. The van der Waals surface area contributed by atoms with Crippen molar-refractivity contribution < 1.29 is 22.4 Å². The third-order valence-corrected chi connectivity index (χ3v) is 2.08. The van der Waals surface area contributed by atoms with Gasteiger partial charge in [0.25, 0.3) is 5.78 Å². The molecule has 0 unspecified atom stereocenters. The fraction of sp³-hybridized carbons (Fsp3) is 0.300. The first-order valence-electron chi connectivity index (χ1n) is 4.12. The summed E-state index contributed by atoms with van der Waals surface area (Å²) in [6, 6.07) is 2.14. The number of rotatable bonds is 1. The number of carbonyl (C=O) groups is 1. The smallest absolute Gasteiger partial charge is 0.284 e. The van der Waals surface area contributed by atoms with Gasteiger partial charge >= 0.3 is 6.18 Å². The van der Waals surface area contributed by atoms with Crippen LogP contribution in [0.2, 0.25) is 0 Å². The van der Waals surface area contributed by atoms with E-state index >= 15 is 0 Å². The number of Topliss-reactive ketones (excluding diaryl/α,β-unsaturated/α-hetero) is 1. The Hall–Kier alpha value is -1.39. The van der Waals surface area contributed by atoms with Gasteiger partial charge in [-0.25, -0.2) is 4.39 Å². The summed E-state index contributed by atoms with van der Waals surface area (Å²) >= 11 is 0. The second-order valence-electron chi connectivity index (χ2n) is 3.20. The highest BCUT2D eigenvalue weighted by Gasteiger charge is 2.40. The summed E-state index contributed by atoms with van der Waals surface area (Å²) in [6.07, 6.45) is -4.97. The molecule has 1 aromatic carbocycles. The van der Waals surface area contributed by atoms with E-state index in [0.29, 0.717) is 0 Å². The van der Waals surface area contributed by atoms with Crippen molar-refractivity contribution in [3.8, 4) is 0 Å². The molecule has 0 aliphatic rings. The summed E-state index contributed by atoms with van der Waals surface area (Å²) in [5.74, 6) is -2.79. The van der Waals surface area contributed by atoms with Gasteiger partial charge in [-0.1, -0.05) is 12.1 Å². The van der Waals surface area contributed by atoms with E-state index in [2.05, 4.69) is 0 Å². The van der Waals surface area contributed by atoms with Crippen molar-refractivity contribution in [1.29, 1.82) is 0 Å². The van der Waals surface area contributed by atoms with Crippen LogP contribution < -0.4 is 0 Å². The third-order valence-electron chi connectivity index (χ3n) is 2.08. The molecule has 1 nitrogen and oxygen atoms in total. The van der Waals surface area contributed by atoms with Crippen molar-refractivity contribution >= 4 is 5.78 Å². The van der Waals surface area contributed by atoms with Gasteiger partial charge in [-0.3, -0.25) is 4.79 Å². The van der Waals surface area contributed by atoms with E-state index in [1.165, 1.54) is 6.92 Å². The normalized spacial score (nSPS) is 11.6. The molecule has 0 radical (unpaired) electrons. The second kappa shape index (κ2) is 3.64. The Bertz CT molecular complexity index is 407. The standard InChI is InChI=1S/C10H8F4O/c1-5-3-4-7(6(2)8(5)11)9(15)10(12,13)14/h3-4H,1-2H3. The van der Waals surface area contributed by atoms with E-state index in [1.807, 2.05) is 0 Å². The van der Waals surface area contributed by atoms with E-state index in [1.54, 1.807) is 0 Å². The van der Waals surface area contributed by atoms with Crippen molar-refractivity contribution in [2.24, 2.45) is 0 Å². The molecule has 0 spiro atoms. The van der Waals surface area contributed by atoms with E-state index in [9.17, 15) is 22.4 Å². The van der Waals surface area contributed by atoms with Crippen LogP contribution in [-0.4, -0.2) is 12.0 Å². The summed E-state index contributed by atoms with van der Waals surface area (Å²) in [4.78, 5) is 10.9. The minimum Gasteiger partial charge on any atom is -0.284 e. The van der Waals surface area contributed by atoms with Gasteiger partial charge in [0.1, 0.15) is 5.82 Å². The fourth-order valence-electron chi connectivity index (χ4n) is 1.22. The molecule has 82 valence electrons. The van der Waals surface area contributed by atoms with Gasteiger partial charge in [-0.15, -0.1) is 0 Å². The summed E-state index contributed by atoms with van der Waals surface area (Å²) in [5.41, 5.74) is -0.686. The first-order valence-corrected chi connectivity index (χ1v) is 4.12. The number of ketones is 1. The lowest BCUT2D eigenvalue weighted by molar-refractivity contribution is -0.0885. The maximum absolute atomic E-state index is 13.2. The summed E-state index contributed by atoms with van der Waals surface area (Å²) in [7, 11) is 0. The van der Waals surface area contributed by atoms with Crippen LogP contribution in [0.4, 0.5) is 17.6 Å². The molecule has 5 heteroatoms. The first kappa shape index (κ1) is 11.7. The summed E-state index contributed by atoms with van der Waals surface area (Å²) in [5, 5.41) is 0. The molecular weight excluding hydrogens is 212 g/mol. The van der Waals surface area contributed by atoms with Gasteiger partial charge in [0.2, 0.25) is 0 Å². The maximum atomic E-state index is 13.2. The fourth-order valence-corrected chi connectivity index (χ4v) is 1.22. The van der Waals surface area contributed by atoms with Gasteiger partial charge < -0.3 is 0 Å². The number of alkyl halides is 3. The zero-order valence-corrected chi connectivity index (χ0v) is 8.07. The van der Waals surface area contributed by atoms with Crippen LogP contribution in [0.5, 0.6) is 0 Å². The third kappa shape index (κ3) is 2.16. The monoisotopic (exact) mass is 220 g/mol. The highest BCUT2D eigenvalue weighted by atomic mass is 19.4. The molecule has 0 atom stereocenters. The molecule has 0 N–H and O–H groups in total. The van der Waals surface area contributed by atoms with Crippen molar-refractivity contribution in [2.45, 2.75) is 20.0 Å². The van der Waals surface area contributed by atoms with Crippen LogP contribution in [0, 0.1) is 19.7 Å². The molecule has 0 amide bonds. The molecule has 0 saturated heterocycles. The van der Waals surface area contributed by atoms with E-state index < -0.39 is 23.3 Å². The topological polar surface area (TPSA) is 17.1 Å². The van der Waals surface area contributed by atoms with Crippen LogP contribution in [0.15, 0.2) is 12.1 Å². The van der Waals surface area contributed by atoms with Gasteiger partial charge in [0, 0.05) is 5.56 Å². The molecule has 0 aliphatic carbocycles. The molecule has 0 bridgehead atoms. The lowest BCUT2D eigenvalue weighted by Gasteiger charge is -2.09. The number of halogens is 4. The van der Waals surface area contributed by atoms with Gasteiger partial charge in [0.15, 0.2) is 0 Å². The highest BCUT2D eigenvalue weighted by Crippen LogP contribution is 2.25. The Kier molecular flexibility index (Phi) is 2.83. The number of hydrogen-bond acceptors (Lipinski definition) is 1. The Labute approximate surface area is 83.7 Å². The molecular formula is C10H8F4O. The minimum atomic E-state index is -4.97. The van der Waals surface area contributed by atoms with Crippen LogP contribution in [-0.2, 0) is 0 Å². The molecule has 0 fully saturated rings. The van der Waals surface area contributed by atoms with E-state index in [0.717, 1.165) is 19.1 Å². The van der Waals surface area contributed by atoms with Crippen LogP contribution in [0.1, 0.15) is 21.5 Å².